The first-order valence-corrected chi connectivity index (χ1v) is 6.36. The van der Waals surface area contributed by atoms with Gasteiger partial charge < -0.3 is 0 Å². The summed E-state index contributed by atoms with van der Waals surface area (Å²) in [6.07, 6.45) is 1.40. The number of nitrogens with zero attached hydrogens (tertiary/aromatic N) is 3. The van der Waals surface area contributed by atoms with Crippen LogP contribution in [-0.4, -0.2) is 18.0 Å². The molecule has 1 aromatic carbocycles. The Labute approximate surface area is 108 Å². The Kier molecular flexibility index (Phi) is 4.34. The topological polar surface area (TPSA) is 50.8 Å². The van der Waals surface area contributed by atoms with Crippen LogP contribution < -0.4 is 0 Å². The molecule has 0 bridgehead atoms. The Balaban J connectivity index is 1.93. The molecule has 2 unspecified atom stereocenters. The normalized spacial score (nSPS) is 23.4. The molecule has 1 heterocycles. The summed E-state index contributed by atoms with van der Waals surface area (Å²) in [5, 5.41) is 17.8. The number of benzene rings is 1. The fourth-order valence-corrected chi connectivity index (χ4v) is 2.62. The molecule has 1 aliphatic heterocycles. The van der Waals surface area contributed by atoms with Crippen LogP contribution in [-0.2, 0) is 6.54 Å². The highest BCUT2D eigenvalue weighted by molar-refractivity contribution is 5.15. The first kappa shape index (κ1) is 12.6. The van der Waals surface area contributed by atoms with Gasteiger partial charge in [-0.2, -0.15) is 10.5 Å². The van der Waals surface area contributed by atoms with Crippen LogP contribution >= 0.6 is 0 Å². The molecule has 0 N–H and O–H groups in total. The average Bonchev–Trinajstić information content (AvgIpc) is 2.79. The molecule has 92 valence electrons. The third kappa shape index (κ3) is 3.09. The molecule has 0 aromatic heterocycles. The Bertz CT molecular complexity index is 455. The summed E-state index contributed by atoms with van der Waals surface area (Å²) in [5.74, 6) is 0.445. The van der Waals surface area contributed by atoms with Crippen molar-refractivity contribution in [2.24, 2.45) is 11.8 Å². The molecule has 3 heteroatoms. The molecule has 0 amide bonds. The van der Waals surface area contributed by atoms with Crippen LogP contribution in [0.25, 0.3) is 0 Å². The summed E-state index contributed by atoms with van der Waals surface area (Å²) in [5.41, 5.74) is 1.29. The van der Waals surface area contributed by atoms with Crippen molar-refractivity contribution >= 4 is 0 Å². The number of nitriles is 2. The lowest BCUT2D eigenvalue weighted by Gasteiger charge is -2.15. The van der Waals surface area contributed by atoms with E-state index in [1.54, 1.807) is 0 Å². The molecule has 1 saturated heterocycles. The smallest absolute Gasteiger partial charge is 0.0672 e. The lowest BCUT2D eigenvalue weighted by molar-refractivity contribution is 0.313. The minimum absolute atomic E-state index is 0.0852. The van der Waals surface area contributed by atoms with E-state index < -0.39 is 0 Å². The average molecular weight is 239 g/mol. The van der Waals surface area contributed by atoms with Gasteiger partial charge in [-0.25, -0.2) is 0 Å². The zero-order valence-electron chi connectivity index (χ0n) is 10.4. The maximum Gasteiger partial charge on any atom is 0.0672 e. The summed E-state index contributed by atoms with van der Waals surface area (Å²) in [6, 6.07) is 14.9. The van der Waals surface area contributed by atoms with Crippen LogP contribution in [0.3, 0.4) is 0 Å². The van der Waals surface area contributed by atoms with Gasteiger partial charge in [0.15, 0.2) is 0 Å². The van der Waals surface area contributed by atoms with Gasteiger partial charge in [-0.15, -0.1) is 0 Å². The Hall–Kier alpha value is -1.84. The first-order chi connectivity index (χ1) is 8.83. The fourth-order valence-electron chi connectivity index (χ4n) is 2.62. The van der Waals surface area contributed by atoms with E-state index in [1.807, 2.05) is 18.2 Å². The summed E-state index contributed by atoms with van der Waals surface area (Å²) < 4.78 is 0. The van der Waals surface area contributed by atoms with Crippen LogP contribution in [0.1, 0.15) is 18.4 Å². The molecule has 0 radical (unpaired) electrons. The third-order valence-electron chi connectivity index (χ3n) is 3.56. The van der Waals surface area contributed by atoms with E-state index in [-0.39, 0.29) is 5.92 Å². The van der Waals surface area contributed by atoms with Crippen LogP contribution in [0.5, 0.6) is 0 Å². The summed E-state index contributed by atoms with van der Waals surface area (Å²) in [6.45, 7) is 2.68. The van der Waals surface area contributed by atoms with Gasteiger partial charge >= 0.3 is 0 Å². The van der Waals surface area contributed by atoms with Crippen molar-refractivity contribution in [2.45, 2.75) is 19.4 Å². The molecule has 0 aliphatic carbocycles. The Morgan fingerprint density at radius 3 is 2.61 bits per heavy atom. The van der Waals surface area contributed by atoms with Crippen molar-refractivity contribution < 1.29 is 0 Å². The first-order valence-electron chi connectivity index (χ1n) is 6.36. The fraction of sp³-hybridized carbons (Fsp3) is 0.467. The van der Waals surface area contributed by atoms with Crippen molar-refractivity contribution in [1.82, 2.24) is 4.90 Å². The van der Waals surface area contributed by atoms with Crippen LogP contribution in [0.4, 0.5) is 0 Å². The Morgan fingerprint density at radius 2 is 1.94 bits per heavy atom. The SMILES string of the molecule is N#CCCC1CN(Cc2ccccc2)CC1C#N. The number of hydrogen-bond acceptors (Lipinski definition) is 3. The predicted octanol–water partition coefficient (Wildman–Crippen LogP) is 2.56. The van der Waals surface area contributed by atoms with Gasteiger partial charge in [0, 0.05) is 26.1 Å². The van der Waals surface area contributed by atoms with E-state index in [0.29, 0.717) is 12.3 Å². The second-order valence-electron chi connectivity index (χ2n) is 4.87. The summed E-state index contributed by atoms with van der Waals surface area (Å²) in [4.78, 5) is 2.32. The minimum atomic E-state index is 0.0852. The van der Waals surface area contributed by atoms with E-state index in [0.717, 1.165) is 26.1 Å². The monoisotopic (exact) mass is 239 g/mol. The van der Waals surface area contributed by atoms with Gasteiger partial charge in [-0.1, -0.05) is 30.3 Å². The van der Waals surface area contributed by atoms with Crippen LogP contribution in [0.15, 0.2) is 30.3 Å². The maximum atomic E-state index is 9.16. The third-order valence-corrected chi connectivity index (χ3v) is 3.56. The molecule has 2 atom stereocenters. The molecule has 2 rings (SSSR count). The molecule has 1 aromatic rings. The highest BCUT2D eigenvalue weighted by atomic mass is 15.1. The van der Waals surface area contributed by atoms with E-state index in [1.165, 1.54) is 5.56 Å². The quantitative estimate of drug-likeness (QED) is 0.811. The van der Waals surface area contributed by atoms with Crippen molar-refractivity contribution in [3.8, 4) is 12.1 Å². The molecule has 18 heavy (non-hydrogen) atoms. The van der Waals surface area contributed by atoms with E-state index in [9.17, 15) is 0 Å². The highest BCUT2D eigenvalue weighted by Crippen LogP contribution is 2.27. The van der Waals surface area contributed by atoms with Gasteiger partial charge in [0.05, 0.1) is 18.1 Å². The lowest BCUT2D eigenvalue weighted by Crippen LogP contribution is -2.20. The second kappa shape index (κ2) is 6.19. The molecule has 1 aliphatic rings. The molecular formula is C15H17N3. The standard InChI is InChI=1S/C15H17N3/c16-8-4-7-14-11-18(12-15(14)9-17)10-13-5-2-1-3-6-13/h1-3,5-6,14-15H,4,7,10-12H2. The largest absolute Gasteiger partial charge is 0.297 e. The maximum absolute atomic E-state index is 9.16. The van der Waals surface area contributed by atoms with Gasteiger partial charge in [0.2, 0.25) is 0 Å². The molecule has 3 nitrogen and oxygen atoms in total. The predicted molar refractivity (Wildman–Crippen MR) is 69.2 cm³/mol. The van der Waals surface area contributed by atoms with Crippen molar-refractivity contribution in [1.29, 1.82) is 10.5 Å². The zero-order valence-corrected chi connectivity index (χ0v) is 10.4. The van der Waals surface area contributed by atoms with Crippen molar-refractivity contribution in [3.05, 3.63) is 35.9 Å². The second-order valence-corrected chi connectivity index (χ2v) is 4.87. The van der Waals surface area contributed by atoms with Gasteiger partial charge in [0.25, 0.3) is 0 Å². The molecule has 1 fully saturated rings. The molecule has 0 saturated carbocycles. The van der Waals surface area contributed by atoms with Crippen LogP contribution in [0, 0.1) is 34.5 Å². The zero-order chi connectivity index (χ0) is 12.8. The molecule has 0 spiro atoms. The van der Waals surface area contributed by atoms with Gasteiger partial charge in [0.1, 0.15) is 0 Å². The van der Waals surface area contributed by atoms with Crippen molar-refractivity contribution in [2.75, 3.05) is 13.1 Å². The Morgan fingerprint density at radius 1 is 1.17 bits per heavy atom. The van der Waals surface area contributed by atoms with E-state index >= 15 is 0 Å². The van der Waals surface area contributed by atoms with Gasteiger partial charge in [-0.3, -0.25) is 4.90 Å². The number of hydrogen-bond donors (Lipinski definition) is 0. The summed E-state index contributed by atoms with van der Waals surface area (Å²) in [7, 11) is 0. The summed E-state index contributed by atoms with van der Waals surface area (Å²) >= 11 is 0. The lowest BCUT2D eigenvalue weighted by atomic mass is 9.93. The minimum Gasteiger partial charge on any atom is -0.297 e. The van der Waals surface area contributed by atoms with Gasteiger partial charge in [-0.05, 0) is 17.9 Å². The van der Waals surface area contributed by atoms with E-state index in [2.05, 4.69) is 29.2 Å². The number of likely N-dealkylation sites (tertiary alicyclic amines) is 1. The van der Waals surface area contributed by atoms with Crippen molar-refractivity contribution in [3.63, 3.8) is 0 Å². The highest BCUT2D eigenvalue weighted by Gasteiger charge is 2.32. The molecular weight excluding hydrogens is 222 g/mol. The number of rotatable bonds is 4. The van der Waals surface area contributed by atoms with E-state index in [4.69, 9.17) is 10.5 Å². The van der Waals surface area contributed by atoms with Crippen LogP contribution in [0.2, 0.25) is 0 Å².